The minimum absolute atomic E-state index is 0.136. The van der Waals surface area contributed by atoms with Crippen molar-refractivity contribution < 1.29 is 22.0 Å². The molecule has 36 heavy (non-hydrogen) atoms. The third-order valence-corrected chi connectivity index (χ3v) is 7.54. The number of anilines is 1. The normalized spacial score (nSPS) is 11.8. The number of sulfonamides is 1. The van der Waals surface area contributed by atoms with Gasteiger partial charge in [-0.3, -0.25) is 13.9 Å². The van der Waals surface area contributed by atoms with Crippen LogP contribution in [0.1, 0.15) is 17.3 Å². The predicted octanol–water partition coefficient (Wildman–Crippen LogP) is 4.83. The van der Waals surface area contributed by atoms with E-state index in [4.69, 9.17) is 4.42 Å². The molecule has 2 N–H and O–H groups in total. The van der Waals surface area contributed by atoms with E-state index in [0.29, 0.717) is 32.5 Å². The number of nitrogens with zero attached hydrogens (tertiary/aromatic N) is 3. The highest BCUT2D eigenvalue weighted by molar-refractivity contribution is 9.10. The van der Waals surface area contributed by atoms with Crippen molar-refractivity contribution in [1.29, 1.82) is 0 Å². The van der Waals surface area contributed by atoms with Gasteiger partial charge in [0.15, 0.2) is 5.65 Å². The van der Waals surface area contributed by atoms with Crippen LogP contribution >= 0.6 is 15.9 Å². The second kappa shape index (κ2) is 9.03. The van der Waals surface area contributed by atoms with Crippen molar-refractivity contribution in [2.75, 3.05) is 17.5 Å². The average Bonchev–Trinajstić information content (AvgIpc) is 3.43. The Hall–Kier alpha value is -3.77. The molecular weight excluding hydrogens is 553 g/mol. The number of rotatable bonds is 6. The maximum atomic E-state index is 13.5. The van der Waals surface area contributed by atoms with Crippen LogP contribution in [-0.2, 0) is 10.0 Å². The first kappa shape index (κ1) is 23.9. The van der Waals surface area contributed by atoms with Crippen LogP contribution < -0.4 is 10.0 Å². The Bertz CT molecular complexity index is 1750. The van der Waals surface area contributed by atoms with Gasteiger partial charge in [-0.2, -0.15) is 0 Å². The van der Waals surface area contributed by atoms with Gasteiger partial charge in [-0.05, 0) is 65.3 Å². The molecule has 0 unspecified atom stereocenters. The van der Waals surface area contributed by atoms with Gasteiger partial charge in [0.2, 0.25) is 14.8 Å². The molecule has 184 valence electrons. The second-order valence-electron chi connectivity index (χ2n) is 7.91. The van der Waals surface area contributed by atoms with Crippen molar-refractivity contribution in [3.05, 3.63) is 70.8 Å². The zero-order valence-electron chi connectivity index (χ0n) is 19.0. The van der Waals surface area contributed by atoms with Gasteiger partial charge in [0.1, 0.15) is 17.2 Å². The van der Waals surface area contributed by atoms with Gasteiger partial charge in [0, 0.05) is 41.4 Å². The van der Waals surface area contributed by atoms with E-state index in [2.05, 4.69) is 36.2 Å². The SMILES string of the molecule is CCS(=O)(=O)Nc1cc2oc(-c3ccc(F)cc3)c(C(=O)NC)c2cc1-c1ccc2nnc(Br)n2c1. The number of hydrogen-bond donors (Lipinski definition) is 2. The van der Waals surface area contributed by atoms with E-state index in [0.717, 1.165) is 0 Å². The summed E-state index contributed by atoms with van der Waals surface area (Å²) in [5.41, 5.74) is 3.06. The molecule has 1 amide bonds. The lowest BCUT2D eigenvalue weighted by Gasteiger charge is -2.13. The molecule has 12 heteroatoms. The topological polar surface area (TPSA) is 119 Å². The third-order valence-electron chi connectivity index (χ3n) is 5.71. The van der Waals surface area contributed by atoms with E-state index >= 15 is 0 Å². The first-order chi connectivity index (χ1) is 17.2. The standard InChI is InChI=1S/C24H19BrFN5O4S/c1-3-36(33,34)30-18-11-19-17(10-16(18)14-6-9-20-28-29-24(25)31(20)12-14)21(23(32)27-2)22(35-19)13-4-7-15(26)8-5-13/h4-12,30H,3H2,1-2H3,(H,27,32). The third kappa shape index (κ3) is 4.22. The van der Waals surface area contributed by atoms with Crippen LogP contribution in [0.5, 0.6) is 0 Å². The van der Waals surface area contributed by atoms with E-state index in [-0.39, 0.29) is 28.3 Å². The number of amides is 1. The monoisotopic (exact) mass is 571 g/mol. The summed E-state index contributed by atoms with van der Waals surface area (Å²) in [6.07, 6.45) is 1.75. The number of aromatic nitrogens is 3. The molecule has 0 saturated carbocycles. The summed E-state index contributed by atoms with van der Waals surface area (Å²) in [5, 5.41) is 11.1. The van der Waals surface area contributed by atoms with Gasteiger partial charge in [-0.1, -0.05) is 0 Å². The van der Waals surface area contributed by atoms with Crippen molar-refractivity contribution in [3.63, 3.8) is 0 Å². The highest BCUT2D eigenvalue weighted by atomic mass is 79.9. The lowest BCUT2D eigenvalue weighted by molar-refractivity contribution is 0.0964. The van der Waals surface area contributed by atoms with Crippen LogP contribution in [0.2, 0.25) is 0 Å². The Morgan fingerprint density at radius 2 is 1.83 bits per heavy atom. The maximum Gasteiger partial charge on any atom is 0.255 e. The molecule has 0 atom stereocenters. The number of carbonyl (C=O) groups excluding carboxylic acids is 1. The minimum Gasteiger partial charge on any atom is -0.455 e. The van der Waals surface area contributed by atoms with Crippen LogP contribution in [0.15, 0.2) is 63.9 Å². The first-order valence-electron chi connectivity index (χ1n) is 10.8. The molecule has 0 bridgehead atoms. The summed E-state index contributed by atoms with van der Waals surface area (Å²) in [4.78, 5) is 13.0. The number of halogens is 2. The van der Waals surface area contributed by atoms with Crippen molar-refractivity contribution >= 4 is 54.2 Å². The molecule has 0 radical (unpaired) electrons. The molecule has 0 aliphatic carbocycles. The molecule has 3 heterocycles. The number of fused-ring (bicyclic) bond motifs is 2. The van der Waals surface area contributed by atoms with Gasteiger partial charge >= 0.3 is 0 Å². The van der Waals surface area contributed by atoms with Crippen molar-refractivity contribution in [2.45, 2.75) is 6.92 Å². The number of hydrogen-bond acceptors (Lipinski definition) is 6. The number of benzene rings is 2. The van der Waals surface area contributed by atoms with E-state index in [1.165, 1.54) is 38.2 Å². The van der Waals surface area contributed by atoms with Crippen molar-refractivity contribution in [2.24, 2.45) is 0 Å². The smallest absolute Gasteiger partial charge is 0.255 e. The average molecular weight is 572 g/mol. The molecule has 0 aliphatic heterocycles. The summed E-state index contributed by atoms with van der Waals surface area (Å²) in [7, 11) is -2.15. The van der Waals surface area contributed by atoms with Gasteiger partial charge in [0.05, 0.1) is 17.0 Å². The van der Waals surface area contributed by atoms with Crippen LogP contribution in [0.3, 0.4) is 0 Å². The Balaban J connectivity index is 1.82. The lowest BCUT2D eigenvalue weighted by atomic mass is 9.99. The van der Waals surface area contributed by atoms with E-state index in [1.807, 2.05) is 0 Å². The molecule has 0 aliphatic rings. The zero-order valence-corrected chi connectivity index (χ0v) is 21.4. The van der Waals surface area contributed by atoms with Gasteiger partial charge < -0.3 is 9.73 Å². The fraction of sp³-hybridized carbons (Fsp3) is 0.125. The van der Waals surface area contributed by atoms with Crippen molar-refractivity contribution in [3.8, 4) is 22.5 Å². The summed E-state index contributed by atoms with van der Waals surface area (Å²) >= 11 is 3.35. The Morgan fingerprint density at radius 1 is 1.11 bits per heavy atom. The van der Waals surface area contributed by atoms with Gasteiger partial charge in [-0.15, -0.1) is 10.2 Å². The molecule has 9 nitrogen and oxygen atoms in total. The summed E-state index contributed by atoms with van der Waals surface area (Å²) in [6, 6.07) is 12.3. The van der Waals surface area contributed by atoms with Crippen LogP contribution in [0.25, 0.3) is 39.1 Å². The molecule has 0 fully saturated rings. The Labute approximate surface area is 213 Å². The minimum atomic E-state index is -3.65. The van der Waals surface area contributed by atoms with Crippen LogP contribution in [0, 0.1) is 5.82 Å². The number of nitrogens with one attached hydrogen (secondary N) is 2. The summed E-state index contributed by atoms with van der Waals surface area (Å²) in [5.74, 6) is -0.727. The molecule has 0 saturated heterocycles. The number of furan rings is 1. The van der Waals surface area contributed by atoms with E-state index in [1.54, 1.807) is 34.9 Å². The Kier molecular flexibility index (Phi) is 6.00. The lowest BCUT2D eigenvalue weighted by Crippen LogP contribution is -2.18. The quantitative estimate of drug-likeness (QED) is 0.301. The first-order valence-corrected chi connectivity index (χ1v) is 13.2. The van der Waals surface area contributed by atoms with E-state index < -0.39 is 21.7 Å². The zero-order chi connectivity index (χ0) is 25.6. The van der Waals surface area contributed by atoms with Gasteiger partial charge in [0.25, 0.3) is 5.91 Å². The van der Waals surface area contributed by atoms with E-state index in [9.17, 15) is 17.6 Å². The number of carbonyl (C=O) groups is 1. The van der Waals surface area contributed by atoms with Crippen LogP contribution in [0.4, 0.5) is 10.1 Å². The number of pyridine rings is 1. The summed E-state index contributed by atoms with van der Waals surface area (Å²) < 4.78 is 49.4. The molecule has 2 aromatic carbocycles. The summed E-state index contributed by atoms with van der Waals surface area (Å²) in [6.45, 7) is 1.53. The maximum absolute atomic E-state index is 13.5. The fourth-order valence-electron chi connectivity index (χ4n) is 3.88. The van der Waals surface area contributed by atoms with Crippen LogP contribution in [-0.4, -0.2) is 41.7 Å². The molecular formula is C24H19BrFN5O4S. The molecule has 5 rings (SSSR count). The molecule has 5 aromatic rings. The van der Waals surface area contributed by atoms with Crippen molar-refractivity contribution in [1.82, 2.24) is 19.9 Å². The molecule has 0 spiro atoms. The highest BCUT2D eigenvalue weighted by Crippen LogP contribution is 2.40. The fourth-order valence-corrected chi connectivity index (χ4v) is 4.89. The highest BCUT2D eigenvalue weighted by Gasteiger charge is 2.24. The van der Waals surface area contributed by atoms with Gasteiger partial charge in [-0.25, -0.2) is 12.8 Å². The second-order valence-corrected chi connectivity index (χ2v) is 10.6. The predicted molar refractivity (Wildman–Crippen MR) is 138 cm³/mol. The Morgan fingerprint density at radius 3 is 2.53 bits per heavy atom. The molecule has 3 aromatic heterocycles. The largest absolute Gasteiger partial charge is 0.455 e.